The average molecular weight is 313 g/mol. The average Bonchev–Trinajstić information content (AvgIpc) is 2.54. The minimum atomic E-state index is -1.65. The van der Waals surface area contributed by atoms with Gasteiger partial charge in [-0.3, -0.25) is 4.79 Å². The van der Waals surface area contributed by atoms with E-state index in [0.717, 1.165) is 16.7 Å². The Morgan fingerprint density at radius 2 is 1.57 bits per heavy atom. The van der Waals surface area contributed by atoms with Crippen LogP contribution in [0.3, 0.4) is 0 Å². The number of nitrogens with one attached hydrogen (secondary N) is 1. The first-order valence-electron chi connectivity index (χ1n) is 7.29. The molecule has 0 aliphatic carbocycles. The predicted octanol–water partition coefficient (Wildman–Crippen LogP) is 1.85. The zero-order valence-corrected chi connectivity index (χ0v) is 12.8. The van der Waals surface area contributed by atoms with Gasteiger partial charge in [0.1, 0.15) is 0 Å². The molecule has 2 unspecified atom stereocenters. The van der Waals surface area contributed by atoms with Crippen molar-refractivity contribution < 1.29 is 19.8 Å². The van der Waals surface area contributed by atoms with E-state index in [1.807, 2.05) is 54.6 Å². The Kier molecular flexibility index (Phi) is 5.49. The number of carbonyl (C=O) groups is 2. The van der Waals surface area contributed by atoms with Crippen molar-refractivity contribution in [3.63, 3.8) is 0 Å². The molecule has 2 aromatic carbocycles. The highest BCUT2D eigenvalue weighted by Gasteiger charge is 2.26. The number of carboxylic acid groups (broad SMARTS) is 1. The second kappa shape index (κ2) is 7.56. The molecule has 5 heteroatoms. The lowest BCUT2D eigenvalue weighted by Gasteiger charge is -2.21. The summed E-state index contributed by atoms with van der Waals surface area (Å²) in [4.78, 5) is 22.1. The van der Waals surface area contributed by atoms with Crippen LogP contribution in [0.5, 0.6) is 0 Å². The Hall–Kier alpha value is -2.66. The molecule has 1 amide bonds. The molecule has 0 aliphatic rings. The van der Waals surface area contributed by atoms with E-state index in [0.29, 0.717) is 0 Å². The van der Waals surface area contributed by atoms with Crippen LogP contribution in [0, 0.1) is 0 Å². The van der Waals surface area contributed by atoms with Gasteiger partial charge in [0.2, 0.25) is 5.91 Å². The summed E-state index contributed by atoms with van der Waals surface area (Å²) < 4.78 is 0. The second-order valence-corrected chi connectivity index (χ2v) is 5.36. The highest BCUT2D eigenvalue weighted by Crippen LogP contribution is 2.20. The maximum Gasteiger partial charge on any atom is 0.334 e. The van der Waals surface area contributed by atoms with Crippen LogP contribution in [0.2, 0.25) is 0 Å². The molecule has 0 bridgehead atoms. The molecule has 3 N–H and O–H groups in total. The van der Waals surface area contributed by atoms with Crippen molar-refractivity contribution in [2.45, 2.75) is 25.5 Å². The van der Waals surface area contributed by atoms with Gasteiger partial charge in [-0.1, -0.05) is 54.6 Å². The molecule has 0 spiro atoms. The molecule has 0 aliphatic heterocycles. The standard InChI is InChI=1S/C18H19NO4/c1-12(20)19-16(17(21)18(22)23)11-13-7-9-15(10-8-13)14-5-3-2-4-6-14/h2-10,16-17,21H,11H2,1H3,(H,19,20)(H,22,23). The molecule has 120 valence electrons. The first kappa shape index (κ1) is 16.7. The highest BCUT2D eigenvalue weighted by molar-refractivity contribution is 5.77. The minimum absolute atomic E-state index is 0.238. The van der Waals surface area contributed by atoms with Gasteiger partial charge in [-0.25, -0.2) is 4.79 Å². The number of aliphatic hydroxyl groups excluding tert-OH is 1. The molecule has 0 fully saturated rings. The van der Waals surface area contributed by atoms with Crippen LogP contribution >= 0.6 is 0 Å². The maximum atomic E-state index is 11.2. The third kappa shape index (κ3) is 4.66. The van der Waals surface area contributed by atoms with Gasteiger partial charge in [0.05, 0.1) is 6.04 Å². The Labute approximate surface area is 134 Å². The molecule has 5 nitrogen and oxygen atoms in total. The van der Waals surface area contributed by atoms with Gasteiger partial charge in [-0.2, -0.15) is 0 Å². The number of amides is 1. The highest BCUT2D eigenvalue weighted by atomic mass is 16.4. The number of rotatable bonds is 6. The van der Waals surface area contributed by atoms with E-state index in [9.17, 15) is 14.7 Å². The summed E-state index contributed by atoms with van der Waals surface area (Å²) in [6.45, 7) is 1.29. The summed E-state index contributed by atoms with van der Waals surface area (Å²) in [6.07, 6.45) is -1.41. The first-order chi connectivity index (χ1) is 11.0. The lowest BCUT2D eigenvalue weighted by atomic mass is 9.98. The summed E-state index contributed by atoms with van der Waals surface area (Å²) in [5, 5.41) is 21.1. The number of carboxylic acids is 1. The molecular weight excluding hydrogens is 294 g/mol. The Balaban J connectivity index is 2.14. The zero-order valence-electron chi connectivity index (χ0n) is 12.8. The number of hydrogen-bond donors (Lipinski definition) is 3. The summed E-state index contributed by atoms with van der Waals surface area (Å²) in [7, 11) is 0. The minimum Gasteiger partial charge on any atom is -0.479 e. The van der Waals surface area contributed by atoms with Gasteiger partial charge in [0, 0.05) is 6.92 Å². The third-order valence-corrected chi connectivity index (χ3v) is 3.54. The summed E-state index contributed by atoms with van der Waals surface area (Å²) >= 11 is 0. The molecule has 23 heavy (non-hydrogen) atoms. The number of benzene rings is 2. The third-order valence-electron chi connectivity index (χ3n) is 3.54. The molecular formula is C18H19NO4. The topological polar surface area (TPSA) is 86.6 Å². The van der Waals surface area contributed by atoms with Crippen LogP contribution in [0.4, 0.5) is 0 Å². The van der Waals surface area contributed by atoms with Crippen molar-refractivity contribution >= 4 is 11.9 Å². The van der Waals surface area contributed by atoms with Gasteiger partial charge in [0.15, 0.2) is 6.10 Å². The van der Waals surface area contributed by atoms with Crippen molar-refractivity contribution in [2.75, 3.05) is 0 Å². The van der Waals surface area contributed by atoms with Crippen molar-refractivity contribution in [3.05, 3.63) is 60.2 Å². The summed E-state index contributed by atoms with van der Waals surface area (Å²) in [6, 6.07) is 16.6. The fourth-order valence-corrected chi connectivity index (χ4v) is 2.39. The monoisotopic (exact) mass is 313 g/mol. The predicted molar refractivity (Wildman–Crippen MR) is 86.8 cm³/mol. The summed E-state index contributed by atoms with van der Waals surface area (Å²) in [5.74, 6) is -1.74. The van der Waals surface area contributed by atoms with Gasteiger partial charge in [0.25, 0.3) is 0 Å². The zero-order chi connectivity index (χ0) is 16.8. The Bertz CT molecular complexity index is 667. The van der Waals surface area contributed by atoms with E-state index in [-0.39, 0.29) is 12.3 Å². The van der Waals surface area contributed by atoms with E-state index >= 15 is 0 Å². The van der Waals surface area contributed by atoms with E-state index < -0.39 is 18.1 Å². The Morgan fingerprint density at radius 3 is 2.09 bits per heavy atom. The number of carbonyl (C=O) groups excluding carboxylic acids is 1. The Morgan fingerprint density at radius 1 is 1.00 bits per heavy atom. The van der Waals surface area contributed by atoms with E-state index in [2.05, 4.69) is 5.32 Å². The normalized spacial score (nSPS) is 13.1. The molecule has 0 heterocycles. The lowest BCUT2D eigenvalue weighted by Crippen LogP contribution is -2.47. The fourth-order valence-electron chi connectivity index (χ4n) is 2.39. The number of aliphatic carboxylic acids is 1. The van der Waals surface area contributed by atoms with Crippen LogP contribution in [0.1, 0.15) is 12.5 Å². The van der Waals surface area contributed by atoms with Crippen LogP contribution in [0.15, 0.2) is 54.6 Å². The molecule has 0 saturated heterocycles. The van der Waals surface area contributed by atoms with E-state index in [1.54, 1.807) is 0 Å². The van der Waals surface area contributed by atoms with E-state index in [1.165, 1.54) is 6.92 Å². The molecule has 0 aromatic heterocycles. The molecule has 2 aromatic rings. The quantitative estimate of drug-likeness (QED) is 0.759. The van der Waals surface area contributed by atoms with Crippen LogP contribution in [0.25, 0.3) is 11.1 Å². The summed E-state index contributed by atoms with van der Waals surface area (Å²) in [5.41, 5.74) is 2.97. The van der Waals surface area contributed by atoms with Gasteiger partial charge >= 0.3 is 5.97 Å². The lowest BCUT2D eigenvalue weighted by molar-refractivity contribution is -0.148. The van der Waals surface area contributed by atoms with Crippen LogP contribution < -0.4 is 5.32 Å². The van der Waals surface area contributed by atoms with Gasteiger partial charge in [-0.05, 0) is 23.1 Å². The molecule has 0 radical (unpaired) electrons. The number of aliphatic hydroxyl groups is 1. The SMILES string of the molecule is CC(=O)NC(Cc1ccc(-c2ccccc2)cc1)C(O)C(=O)O. The fraction of sp³-hybridized carbons (Fsp3) is 0.222. The van der Waals surface area contributed by atoms with Gasteiger partial charge < -0.3 is 15.5 Å². The van der Waals surface area contributed by atoms with Crippen LogP contribution in [-0.4, -0.2) is 34.2 Å². The molecule has 0 saturated carbocycles. The molecule has 2 atom stereocenters. The van der Waals surface area contributed by atoms with Crippen molar-refractivity contribution in [2.24, 2.45) is 0 Å². The largest absolute Gasteiger partial charge is 0.479 e. The van der Waals surface area contributed by atoms with Crippen LogP contribution in [-0.2, 0) is 16.0 Å². The first-order valence-corrected chi connectivity index (χ1v) is 7.29. The van der Waals surface area contributed by atoms with Crippen molar-refractivity contribution in [3.8, 4) is 11.1 Å². The van der Waals surface area contributed by atoms with Gasteiger partial charge in [-0.15, -0.1) is 0 Å². The van der Waals surface area contributed by atoms with Crippen molar-refractivity contribution in [1.29, 1.82) is 0 Å². The second-order valence-electron chi connectivity index (χ2n) is 5.36. The molecule has 2 rings (SSSR count). The number of hydrogen-bond acceptors (Lipinski definition) is 3. The maximum absolute atomic E-state index is 11.2. The van der Waals surface area contributed by atoms with Crippen molar-refractivity contribution in [1.82, 2.24) is 5.32 Å². The van der Waals surface area contributed by atoms with E-state index in [4.69, 9.17) is 5.11 Å². The smallest absolute Gasteiger partial charge is 0.334 e.